The van der Waals surface area contributed by atoms with Gasteiger partial charge in [-0.2, -0.15) is 0 Å². The highest BCUT2D eigenvalue weighted by atomic mass is 32.1. The van der Waals surface area contributed by atoms with Crippen LogP contribution in [0.3, 0.4) is 0 Å². The maximum Gasteiger partial charge on any atom is 0.213 e. The molecule has 0 aromatic carbocycles. The Morgan fingerprint density at radius 3 is 3.10 bits per heavy atom. The number of rotatable bonds is 4. The molecule has 0 saturated carbocycles. The summed E-state index contributed by atoms with van der Waals surface area (Å²) in [5, 5.41) is 3.21. The molecule has 1 aliphatic rings. The van der Waals surface area contributed by atoms with Crippen molar-refractivity contribution in [1.29, 1.82) is 0 Å². The van der Waals surface area contributed by atoms with Crippen LogP contribution in [0.1, 0.15) is 22.4 Å². The zero-order valence-corrected chi connectivity index (χ0v) is 13.1. The zero-order valence-electron chi connectivity index (χ0n) is 12.3. The molecule has 2 aromatic heterocycles. The van der Waals surface area contributed by atoms with Crippen molar-refractivity contribution in [1.82, 2.24) is 14.9 Å². The molecule has 3 heterocycles. The molecule has 3 rings (SSSR count). The first-order valence-electron chi connectivity index (χ1n) is 7.00. The van der Waals surface area contributed by atoms with E-state index in [9.17, 15) is 0 Å². The van der Waals surface area contributed by atoms with Gasteiger partial charge in [-0.15, -0.1) is 11.3 Å². The normalized spacial score (nSPS) is 19.6. The van der Waals surface area contributed by atoms with Gasteiger partial charge in [-0.05, 0) is 13.0 Å². The van der Waals surface area contributed by atoms with E-state index in [4.69, 9.17) is 9.47 Å². The Hall–Kier alpha value is -1.50. The second-order valence-corrected chi connectivity index (χ2v) is 5.95. The van der Waals surface area contributed by atoms with Crippen LogP contribution < -0.4 is 4.74 Å². The van der Waals surface area contributed by atoms with Crippen LogP contribution in [0.2, 0.25) is 0 Å². The number of hydrogen-bond acceptors (Lipinski definition) is 6. The van der Waals surface area contributed by atoms with Crippen LogP contribution in [-0.2, 0) is 11.3 Å². The monoisotopic (exact) mass is 305 g/mol. The molecule has 1 atom stereocenters. The third-order valence-corrected chi connectivity index (χ3v) is 4.58. The van der Waals surface area contributed by atoms with Crippen LogP contribution in [-0.4, -0.2) is 41.7 Å². The standard InChI is InChI=1S/C15H19N3O2S/c1-11-10-21-15(16-11)13-9-20-7-6-18(13)8-12-4-3-5-14(17-12)19-2/h3-5,10,13H,6-9H2,1-2H3/t13-/m1/s1. The predicted octanol–water partition coefficient (Wildman–Crippen LogP) is 2.43. The SMILES string of the molecule is COc1cccc(CN2CCOC[C@@H]2c2nc(C)cs2)n1. The molecule has 0 unspecified atom stereocenters. The van der Waals surface area contributed by atoms with E-state index in [1.54, 1.807) is 18.4 Å². The Morgan fingerprint density at radius 2 is 2.33 bits per heavy atom. The second kappa shape index (κ2) is 6.51. The Kier molecular flexibility index (Phi) is 4.48. The van der Waals surface area contributed by atoms with E-state index in [0.717, 1.165) is 36.1 Å². The van der Waals surface area contributed by atoms with Gasteiger partial charge in [0, 0.05) is 30.2 Å². The fourth-order valence-electron chi connectivity index (χ4n) is 2.45. The van der Waals surface area contributed by atoms with Crippen molar-refractivity contribution in [3.05, 3.63) is 40.0 Å². The number of aryl methyl sites for hydroxylation is 1. The van der Waals surface area contributed by atoms with Gasteiger partial charge in [0.25, 0.3) is 0 Å². The van der Waals surface area contributed by atoms with Gasteiger partial charge in [-0.3, -0.25) is 4.90 Å². The first-order chi connectivity index (χ1) is 10.3. The molecular formula is C15H19N3O2S. The van der Waals surface area contributed by atoms with Gasteiger partial charge >= 0.3 is 0 Å². The summed E-state index contributed by atoms with van der Waals surface area (Å²) in [6, 6.07) is 6.09. The van der Waals surface area contributed by atoms with Crippen LogP contribution in [0, 0.1) is 6.92 Å². The predicted molar refractivity (Wildman–Crippen MR) is 81.6 cm³/mol. The minimum absolute atomic E-state index is 0.213. The van der Waals surface area contributed by atoms with Crippen molar-refractivity contribution < 1.29 is 9.47 Å². The molecule has 0 bridgehead atoms. The van der Waals surface area contributed by atoms with E-state index in [-0.39, 0.29) is 6.04 Å². The van der Waals surface area contributed by atoms with E-state index in [1.807, 2.05) is 25.1 Å². The molecule has 0 N–H and O–H groups in total. The number of nitrogens with zero attached hydrogens (tertiary/aromatic N) is 3. The highest BCUT2D eigenvalue weighted by molar-refractivity contribution is 7.09. The van der Waals surface area contributed by atoms with Gasteiger partial charge in [0.1, 0.15) is 5.01 Å². The van der Waals surface area contributed by atoms with Gasteiger partial charge in [-0.1, -0.05) is 6.07 Å². The molecule has 0 radical (unpaired) electrons. The lowest BCUT2D eigenvalue weighted by molar-refractivity contribution is -0.0134. The minimum Gasteiger partial charge on any atom is -0.481 e. The number of methoxy groups -OCH3 is 1. The first kappa shape index (κ1) is 14.4. The first-order valence-corrected chi connectivity index (χ1v) is 7.88. The Labute approximate surface area is 128 Å². The Balaban J connectivity index is 1.77. The third kappa shape index (κ3) is 3.40. The number of aromatic nitrogens is 2. The van der Waals surface area contributed by atoms with Crippen molar-refractivity contribution in [3.63, 3.8) is 0 Å². The molecule has 21 heavy (non-hydrogen) atoms. The average Bonchev–Trinajstić information content (AvgIpc) is 2.94. The van der Waals surface area contributed by atoms with Crippen molar-refractivity contribution in [2.75, 3.05) is 26.9 Å². The van der Waals surface area contributed by atoms with E-state index >= 15 is 0 Å². The molecule has 112 valence electrons. The summed E-state index contributed by atoms with van der Waals surface area (Å²) in [6.45, 7) is 5.14. The van der Waals surface area contributed by atoms with Gasteiger partial charge in [0.15, 0.2) is 0 Å². The van der Waals surface area contributed by atoms with E-state index in [1.165, 1.54) is 0 Å². The van der Waals surface area contributed by atoms with E-state index in [2.05, 4.69) is 20.2 Å². The van der Waals surface area contributed by atoms with Crippen LogP contribution >= 0.6 is 11.3 Å². The van der Waals surface area contributed by atoms with Gasteiger partial charge in [0.05, 0.1) is 32.1 Å². The minimum atomic E-state index is 0.213. The lowest BCUT2D eigenvalue weighted by Gasteiger charge is -2.34. The van der Waals surface area contributed by atoms with Crippen molar-refractivity contribution in [2.45, 2.75) is 19.5 Å². The van der Waals surface area contributed by atoms with E-state index < -0.39 is 0 Å². The van der Waals surface area contributed by atoms with Crippen molar-refractivity contribution >= 4 is 11.3 Å². The smallest absolute Gasteiger partial charge is 0.213 e. The highest BCUT2D eigenvalue weighted by Crippen LogP contribution is 2.28. The molecular weight excluding hydrogens is 286 g/mol. The quantitative estimate of drug-likeness (QED) is 0.868. The van der Waals surface area contributed by atoms with Crippen LogP contribution in [0.5, 0.6) is 5.88 Å². The Bertz CT molecular complexity index is 602. The third-order valence-electron chi connectivity index (χ3n) is 3.52. The van der Waals surface area contributed by atoms with Crippen molar-refractivity contribution in [3.8, 4) is 5.88 Å². The summed E-state index contributed by atoms with van der Waals surface area (Å²) in [7, 11) is 1.64. The van der Waals surface area contributed by atoms with Crippen LogP contribution in [0.4, 0.5) is 0 Å². The van der Waals surface area contributed by atoms with Crippen LogP contribution in [0.15, 0.2) is 23.6 Å². The van der Waals surface area contributed by atoms with Crippen molar-refractivity contribution in [2.24, 2.45) is 0 Å². The summed E-state index contributed by atoms with van der Waals surface area (Å²) in [6.07, 6.45) is 0. The molecule has 0 spiro atoms. The molecule has 2 aromatic rings. The number of pyridine rings is 1. The topological polar surface area (TPSA) is 47.5 Å². The highest BCUT2D eigenvalue weighted by Gasteiger charge is 2.27. The molecule has 1 saturated heterocycles. The number of morpholine rings is 1. The van der Waals surface area contributed by atoms with Crippen LogP contribution in [0.25, 0.3) is 0 Å². The molecule has 0 aliphatic carbocycles. The lowest BCUT2D eigenvalue weighted by atomic mass is 10.2. The van der Waals surface area contributed by atoms with E-state index in [0.29, 0.717) is 12.5 Å². The molecule has 5 nitrogen and oxygen atoms in total. The number of ether oxygens (including phenoxy) is 2. The molecule has 0 amide bonds. The molecule has 1 aliphatic heterocycles. The van der Waals surface area contributed by atoms with Gasteiger partial charge < -0.3 is 9.47 Å². The Morgan fingerprint density at radius 1 is 1.43 bits per heavy atom. The summed E-state index contributed by atoms with van der Waals surface area (Å²) in [5.74, 6) is 0.655. The fraction of sp³-hybridized carbons (Fsp3) is 0.467. The second-order valence-electron chi connectivity index (χ2n) is 5.06. The lowest BCUT2D eigenvalue weighted by Crippen LogP contribution is -2.39. The maximum absolute atomic E-state index is 5.64. The average molecular weight is 305 g/mol. The zero-order chi connectivity index (χ0) is 14.7. The summed E-state index contributed by atoms with van der Waals surface area (Å²) in [4.78, 5) is 11.5. The number of hydrogen-bond donors (Lipinski definition) is 0. The summed E-state index contributed by atoms with van der Waals surface area (Å²) in [5.41, 5.74) is 2.08. The maximum atomic E-state index is 5.64. The summed E-state index contributed by atoms with van der Waals surface area (Å²) < 4.78 is 10.8. The molecule has 6 heteroatoms. The molecule has 1 fully saturated rings. The van der Waals surface area contributed by atoms with Gasteiger partial charge in [0.2, 0.25) is 5.88 Å². The largest absolute Gasteiger partial charge is 0.481 e. The summed E-state index contributed by atoms with van der Waals surface area (Å²) >= 11 is 1.70. The number of thiazole rings is 1. The van der Waals surface area contributed by atoms with Gasteiger partial charge in [-0.25, -0.2) is 9.97 Å². The fourth-order valence-corrected chi connectivity index (χ4v) is 3.36.